The summed E-state index contributed by atoms with van der Waals surface area (Å²) in [5.41, 5.74) is 5.46. The first kappa shape index (κ1) is 16.3. The molecule has 1 atom stereocenters. The first-order valence-electron chi connectivity index (χ1n) is 7.58. The fourth-order valence-corrected chi connectivity index (χ4v) is 3.05. The minimum Gasteiger partial charge on any atom is -0.467 e. The number of anilines is 1. The van der Waals surface area contributed by atoms with Crippen LogP contribution >= 0.6 is 11.6 Å². The molecule has 2 aromatic heterocycles. The van der Waals surface area contributed by atoms with E-state index in [1.165, 1.54) is 12.3 Å². The molecule has 1 saturated heterocycles. The number of hydrogen-bond acceptors (Lipinski definition) is 5. The summed E-state index contributed by atoms with van der Waals surface area (Å²) in [5, 5.41) is 3.16. The van der Waals surface area contributed by atoms with Crippen LogP contribution in [0.25, 0.3) is 0 Å². The second kappa shape index (κ2) is 6.92. The Morgan fingerprint density at radius 3 is 3.00 bits per heavy atom. The van der Waals surface area contributed by atoms with E-state index in [2.05, 4.69) is 10.3 Å². The molecule has 1 aliphatic heterocycles. The molecule has 0 aliphatic carbocycles. The number of aromatic nitrogens is 1. The van der Waals surface area contributed by atoms with Crippen molar-refractivity contribution >= 4 is 29.2 Å². The molecule has 24 heavy (non-hydrogen) atoms. The summed E-state index contributed by atoms with van der Waals surface area (Å²) in [4.78, 5) is 29.7. The van der Waals surface area contributed by atoms with E-state index in [1.807, 2.05) is 4.90 Å². The summed E-state index contributed by atoms with van der Waals surface area (Å²) in [5.74, 6) is 0.470. The van der Waals surface area contributed by atoms with E-state index in [1.54, 1.807) is 18.4 Å². The molecule has 8 heteroatoms. The highest BCUT2D eigenvalue weighted by atomic mass is 35.5. The maximum Gasteiger partial charge on any atom is 0.250 e. The largest absolute Gasteiger partial charge is 0.467 e. The molecule has 0 radical (unpaired) electrons. The van der Waals surface area contributed by atoms with Crippen LogP contribution in [0.3, 0.4) is 0 Å². The van der Waals surface area contributed by atoms with Crippen molar-refractivity contribution in [1.29, 1.82) is 0 Å². The van der Waals surface area contributed by atoms with Crippen LogP contribution in [0.2, 0.25) is 5.02 Å². The van der Waals surface area contributed by atoms with Gasteiger partial charge in [0.2, 0.25) is 11.8 Å². The van der Waals surface area contributed by atoms with Gasteiger partial charge in [-0.05, 0) is 31.0 Å². The minimum absolute atomic E-state index is 0.110. The first-order chi connectivity index (χ1) is 11.6. The summed E-state index contributed by atoms with van der Waals surface area (Å²) in [6.07, 6.45) is 4.50. The van der Waals surface area contributed by atoms with E-state index >= 15 is 0 Å². The van der Waals surface area contributed by atoms with Crippen molar-refractivity contribution in [1.82, 2.24) is 10.3 Å². The molecular weight excluding hydrogens is 332 g/mol. The number of furan rings is 1. The van der Waals surface area contributed by atoms with Crippen LogP contribution in [-0.2, 0) is 11.3 Å². The van der Waals surface area contributed by atoms with Gasteiger partial charge in [0.25, 0.3) is 0 Å². The number of halogens is 1. The van der Waals surface area contributed by atoms with Gasteiger partial charge < -0.3 is 20.4 Å². The molecule has 126 valence electrons. The predicted molar refractivity (Wildman–Crippen MR) is 88.7 cm³/mol. The number of nitrogens with one attached hydrogen (secondary N) is 1. The fourth-order valence-electron chi connectivity index (χ4n) is 2.77. The van der Waals surface area contributed by atoms with Gasteiger partial charge in [0.05, 0.1) is 23.4 Å². The maximum atomic E-state index is 12.5. The van der Waals surface area contributed by atoms with E-state index in [0.29, 0.717) is 36.1 Å². The third-order valence-electron chi connectivity index (χ3n) is 3.95. The summed E-state index contributed by atoms with van der Waals surface area (Å²) >= 11 is 6.22. The zero-order valence-electron chi connectivity index (χ0n) is 12.9. The van der Waals surface area contributed by atoms with Gasteiger partial charge >= 0.3 is 0 Å². The van der Waals surface area contributed by atoms with Gasteiger partial charge in [0.15, 0.2) is 0 Å². The molecule has 0 unspecified atom stereocenters. The van der Waals surface area contributed by atoms with Crippen LogP contribution < -0.4 is 16.0 Å². The number of hydrogen-bond donors (Lipinski definition) is 2. The smallest absolute Gasteiger partial charge is 0.250 e. The first-order valence-corrected chi connectivity index (χ1v) is 7.96. The molecule has 7 nitrogen and oxygen atoms in total. The van der Waals surface area contributed by atoms with Crippen molar-refractivity contribution in [3.8, 4) is 0 Å². The second-order valence-corrected chi connectivity index (χ2v) is 5.95. The van der Waals surface area contributed by atoms with E-state index in [0.717, 1.165) is 6.42 Å². The highest BCUT2D eigenvalue weighted by Gasteiger charge is 2.32. The van der Waals surface area contributed by atoms with E-state index < -0.39 is 5.91 Å². The summed E-state index contributed by atoms with van der Waals surface area (Å²) in [6.45, 7) is 0.999. The average molecular weight is 349 g/mol. The highest BCUT2D eigenvalue weighted by molar-refractivity contribution is 6.33. The van der Waals surface area contributed by atoms with Gasteiger partial charge in [-0.2, -0.15) is 0 Å². The van der Waals surface area contributed by atoms with Crippen molar-refractivity contribution < 1.29 is 14.0 Å². The third kappa shape index (κ3) is 3.35. The fraction of sp³-hybridized carbons (Fsp3) is 0.312. The van der Waals surface area contributed by atoms with Crippen molar-refractivity contribution in [2.45, 2.75) is 25.4 Å². The molecule has 0 spiro atoms. The van der Waals surface area contributed by atoms with Crippen LogP contribution in [0.5, 0.6) is 0 Å². The summed E-state index contributed by atoms with van der Waals surface area (Å²) in [7, 11) is 0. The highest BCUT2D eigenvalue weighted by Crippen LogP contribution is 2.30. The molecule has 2 aromatic rings. The van der Waals surface area contributed by atoms with E-state index in [-0.39, 0.29) is 17.5 Å². The molecule has 0 bridgehead atoms. The van der Waals surface area contributed by atoms with Gasteiger partial charge in [-0.3, -0.25) is 9.59 Å². The van der Waals surface area contributed by atoms with Crippen molar-refractivity contribution in [2.75, 3.05) is 11.4 Å². The Hall–Kier alpha value is -2.54. The molecule has 1 aliphatic rings. The minimum atomic E-state index is -0.592. The SMILES string of the molecule is NC(=O)c1cnc(N2CCC[C@@H]2C(=O)NCc2ccco2)c(Cl)c1. The Morgan fingerprint density at radius 1 is 1.50 bits per heavy atom. The molecule has 1 fully saturated rings. The number of carbonyl (C=O) groups excluding carboxylic acids is 2. The van der Waals surface area contributed by atoms with Crippen LogP contribution in [0.1, 0.15) is 29.0 Å². The van der Waals surface area contributed by atoms with Crippen LogP contribution in [-0.4, -0.2) is 29.4 Å². The molecule has 3 rings (SSSR count). The number of rotatable bonds is 5. The molecular formula is C16H17ClN4O3. The van der Waals surface area contributed by atoms with E-state index in [4.69, 9.17) is 21.8 Å². The Labute approximate surface area is 143 Å². The second-order valence-electron chi connectivity index (χ2n) is 5.54. The van der Waals surface area contributed by atoms with Gasteiger partial charge in [0, 0.05) is 12.7 Å². The lowest BCUT2D eigenvalue weighted by Gasteiger charge is -2.25. The normalized spacial score (nSPS) is 17.0. The Morgan fingerprint density at radius 2 is 2.33 bits per heavy atom. The van der Waals surface area contributed by atoms with Crippen LogP contribution in [0, 0.1) is 0 Å². The molecule has 2 amide bonds. The number of primary amides is 1. The molecule has 0 aromatic carbocycles. The van der Waals surface area contributed by atoms with E-state index in [9.17, 15) is 9.59 Å². The molecule has 3 heterocycles. The quantitative estimate of drug-likeness (QED) is 0.856. The third-order valence-corrected chi connectivity index (χ3v) is 4.23. The number of nitrogens with zero attached hydrogens (tertiary/aromatic N) is 2. The Bertz CT molecular complexity index is 748. The zero-order chi connectivity index (χ0) is 17.1. The van der Waals surface area contributed by atoms with Gasteiger partial charge in [-0.15, -0.1) is 0 Å². The molecule has 3 N–H and O–H groups in total. The van der Waals surface area contributed by atoms with Crippen molar-refractivity contribution in [3.63, 3.8) is 0 Å². The number of nitrogens with two attached hydrogens (primary N) is 1. The summed E-state index contributed by atoms with van der Waals surface area (Å²) in [6, 6.07) is 4.69. The monoisotopic (exact) mass is 348 g/mol. The summed E-state index contributed by atoms with van der Waals surface area (Å²) < 4.78 is 5.21. The number of pyridine rings is 1. The van der Waals surface area contributed by atoms with Gasteiger partial charge in [-0.25, -0.2) is 4.98 Å². The lowest BCUT2D eigenvalue weighted by atomic mass is 10.2. The topological polar surface area (TPSA) is 101 Å². The maximum absolute atomic E-state index is 12.5. The van der Waals surface area contributed by atoms with Crippen molar-refractivity contribution in [3.05, 3.63) is 47.0 Å². The molecule has 0 saturated carbocycles. The standard InChI is InChI=1S/C16H17ClN4O3/c17-12-7-10(14(18)22)8-19-15(12)21-5-1-4-13(21)16(23)20-9-11-3-2-6-24-11/h2-3,6-8,13H,1,4-5,9H2,(H2,18,22)(H,20,23)/t13-/m1/s1. The predicted octanol–water partition coefficient (Wildman–Crippen LogP) is 1.71. The zero-order valence-corrected chi connectivity index (χ0v) is 13.6. The average Bonchev–Trinajstić information content (AvgIpc) is 3.24. The van der Waals surface area contributed by atoms with Crippen molar-refractivity contribution in [2.24, 2.45) is 5.73 Å². The van der Waals surface area contributed by atoms with Gasteiger partial charge in [0.1, 0.15) is 17.6 Å². The number of carbonyl (C=O) groups is 2. The Kier molecular flexibility index (Phi) is 4.71. The number of amides is 2. The van der Waals surface area contributed by atoms with Crippen LogP contribution in [0.15, 0.2) is 35.1 Å². The lowest BCUT2D eigenvalue weighted by molar-refractivity contribution is -0.122. The van der Waals surface area contributed by atoms with Gasteiger partial charge in [-0.1, -0.05) is 11.6 Å². The van der Waals surface area contributed by atoms with Crippen LogP contribution in [0.4, 0.5) is 5.82 Å². The Balaban J connectivity index is 1.73. The lowest BCUT2D eigenvalue weighted by Crippen LogP contribution is -2.43.